The summed E-state index contributed by atoms with van der Waals surface area (Å²) in [6, 6.07) is 8.20. The lowest BCUT2D eigenvalue weighted by atomic mass is 10.1. The molecule has 0 aromatic heterocycles. The lowest BCUT2D eigenvalue weighted by molar-refractivity contribution is 0.222. The fourth-order valence-corrected chi connectivity index (χ4v) is 1.69. The molecule has 1 aromatic rings. The third-order valence-corrected chi connectivity index (χ3v) is 2.90. The van der Waals surface area contributed by atoms with E-state index < -0.39 is 0 Å². The molecular weight excluding hydrogens is 226 g/mol. The van der Waals surface area contributed by atoms with E-state index >= 15 is 0 Å². The van der Waals surface area contributed by atoms with Gasteiger partial charge in [0.2, 0.25) is 0 Å². The first-order valence-electron chi connectivity index (χ1n) is 6.71. The third-order valence-electron chi connectivity index (χ3n) is 2.90. The maximum atomic E-state index is 5.86. The molecule has 1 aromatic carbocycles. The maximum Gasteiger partial charge on any atom is 0.161 e. The van der Waals surface area contributed by atoms with E-state index in [2.05, 4.69) is 26.1 Å². The van der Waals surface area contributed by atoms with Crippen molar-refractivity contribution in [3.8, 4) is 11.5 Å². The Labute approximate surface area is 110 Å². The standard InChI is InChI=1S/C15H25NO2/c1-5-10-17-14-8-6-7-9-15(14)18-11-13(16-4)12(2)3/h6-9,12-13,16H,5,10-11H2,1-4H3. The minimum atomic E-state index is 0.351. The van der Waals surface area contributed by atoms with E-state index in [0.29, 0.717) is 18.6 Å². The molecule has 18 heavy (non-hydrogen) atoms. The highest BCUT2D eigenvalue weighted by Gasteiger charge is 2.12. The summed E-state index contributed by atoms with van der Waals surface area (Å²) in [6.07, 6.45) is 0.999. The van der Waals surface area contributed by atoms with Crippen LogP contribution in [0.5, 0.6) is 11.5 Å². The average Bonchev–Trinajstić information content (AvgIpc) is 2.38. The molecule has 0 heterocycles. The van der Waals surface area contributed by atoms with Crippen molar-refractivity contribution in [1.82, 2.24) is 5.32 Å². The molecule has 3 nitrogen and oxygen atoms in total. The predicted molar refractivity (Wildman–Crippen MR) is 75.4 cm³/mol. The van der Waals surface area contributed by atoms with Gasteiger partial charge in [-0.2, -0.15) is 0 Å². The van der Waals surface area contributed by atoms with Crippen LogP contribution >= 0.6 is 0 Å². The highest BCUT2D eigenvalue weighted by atomic mass is 16.5. The summed E-state index contributed by atoms with van der Waals surface area (Å²) in [7, 11) is 1.97. The Balaban J connectivity index is 2.60. The lowest BCUT2D eigenvalue weighted by Gasteiger charge is -2.21. The first-order chi connectivity index (χ1) is 8.69. The zero-order chi connectivity index (χ0) is 13.4. The molecule has 102 valence electrons. The Bertz CT molecular complexity index is 339. The van der Waals surface area contributed by atoms with Gasteiger partial charge in [0.15, 0.2) is 11.5 Å². The molecule has 1 N–H and O–H groups in total. The maximum absolute atomic E-state index is 5.86. The van der Waals surface area contributed by atoms with Gasteiger partial charge in [0.25, 0.3) is 0 Å². The van der Waals surface area contributed by atoms with Crippen molar-refractivity contribution in [2.24, 2.45) is 5.92 Å². The Morgan fingerprint density at radius 3 is 2.22 bits per heavy atom. The van der Waals surface area contributed by atoms with Crippen molar-refractivity contribution in [2.45, 2.75) is 33.2 Å². The summed E-state index contributed by atoms with van der Waals surface area (Å²) in [6.45, 7) is 7.84. The molecule has 0 amide bonds. The van der Waals surface area contributed by atoms with Crippen molar-refractivity contribution in [3.63, 3.8) is 0 Å². The second-order valence-corrected chi connectivity index (χ2v) is 4.75. The van der Waals surface area contributed by atoms with Crippen LogP contribution in [0, 0.1) is 5.92 Å². The molecule has 0 fully saturated rings. The molecule has 0 bridgehead atoms. The van der Waals surface area contributed by atoms with Gasteiger partial charge in [-0.1, -0.05) is 32.9 Å². The van der Waals surface area contributed by atoms with E-state index in [1.54, 1.807) is 0 Å². The van der Waals surface area contributed by atoms with Gasteiger partial charge in [-0.25, -0.2) is 0 Å². The summed E-state index contributed by atoms with van der Waals surface area (Å²) in [5.74, 6) is 2.20. The highest BCUT2D eigenvalue weighted by Crippen LogP contribution is 2.26. The van der Waals surface area contributed by atoms with Gasteiger partial charge in [-0.3, -0.25) is 0 Å². The van der Waals surface area contributed by atoms with Gasteiger partial charge in [-0.15, -0.1) is 0 Å². The smallest absolute Gasteiger partial charge is 0.161 e. The number of hydrogen-bond acceptors (Lipinski definition) is 3. The van der Waals surface area contributed by atoms with Crippen molar-refractivity contribution >= 4 is 0 Å². The number of para-hydroxylation sites is 2. The summed E-state index contributed by atoms with van der Waals surface area (Å²) in [5.41, 5.74) is 0. The number of likely N-dealkylation sites (N-methyl/N-ethyl adjacent to an activating group) is 1. The van der Waals surface area contributed by atoms with Gasteiger partial charge >= 0.3 is 0 Å². The Kier molecular flexibility index (Phi) is 6.58. The van der Waals surface area contributed by atoms with Gasteiger partial charge in [0, 0.05) is 6.04 Å². The molecule has 0 saturated carbocycles. The minimum absolute atomic E-state index is 0.351. The lowest BCUT2D eigenvalue weighted by Crippen LogP contribution is -2.36. The van der Waals surface area contributed by atoms with Crippen molar-refractivity contribution in [3.05, 3.63) is 24.3 Å². The molecule has 0 aliphatic carbocycles. The minimum Gasteiger partial charge on any atom is -0.490 e. The first-order valence-corrected chi connectivity index (χ1v) is 6.71. The van der Waals surface area contributed by atoms with Crippen LogP contribution in [0.15, 0.2) is 24.3 Å². The van der Waals surface area contributed by atoms with E-state index in [0.717, 1.165) is 24.5 Å². The van der Waals surface area contributed by atoms with Crippen LogP contribution < -0.4 is 14.8 Å². The van der Waals surface area contributed by atoms with Crippen LogP contribution in [0.2, 0.25) is 0 Å². The molecular formula is C15H25NO2. The van der Waals surface area contributed by atoms with Gasteiger partial charge in [-0.05, 0) is 31.5 Å². The van der Waals surface area contributed by atoms with E-state index in [4.69, 9.17) is 9.47 Å². The molecule has 0 aliphatic heterocycles. The molecule has 0 radical (unpaired) electrons. The number of nitrogens with one attached hydrogen (secondary N) is 1. The first kappa shape index (κ1) is 14.8. The number of rotatable bonds is 8. The summed E-state index contributed by atoms with van der Waals surface area (Å²) < 4.78 is 11.5. The summed E-state index contributed by atoms with van der Waals surface area (Å²) in [5, 5.41) is 3.27. The van der Waals surface area contributed by atoms with E-state index in [1.807, 2.05) is 31.3 Å². The molecule has 3 heteroatoms. The fourth-order valence-electron chi connectivity index (χ4n) is 1.69. The van der Waals surface area contributed by atoms with Crippen LogP contribution in [-0.4, -0.2) is 26.3 Å². The summed E-state index contributed by atoms with van der Waals surface area (Å²) in [4.78, 5) is 0. The monoisotopic (exact) mass is 251 g/mol. The largest absolute Gasteiger partial charge is 0.490 e. The molecule has 0 aliphatic rings. The van der Waals surface area contributed by atoms with Gasteiger partial charge in [0.1, 0.15) is 6.61 Å². The number of hydrogen-bond donors (Lipinski definition) is 1. The molecule has 0 spiro atoms. The molecule has 1 atom stereocenters. The number of benzene rings is 1. The average molecular weight is 251 g/mol. The van der Waals surface area contributed by atoms with Crippen LogP contribution in [0.3, 0.4) is 0 Å². The third kappa shape index (κ3) is 4.57. The van der Waals surface area contributed by atoms with Crippen molar-refractivity contribution < 1.29 is 9.47 Å². The quantitative estimate of drug-likeness (QED) is 0.770. The molecule has 1 rings (SSSR count). The van der Waals surface area contributed by atoms with Crippen LogP contribution in [-0.2, 0) is 0 Å². The zero-order valence-corrected chi connectivity index (χ0v) is 11.9. The molecule has 1 unspecified atom stereocenters. The SMILES string of the molecule is CCCOc1ccccc1OCC(NC)C(C)C. The Morgan fingerprint density at radius 2 is 1.72 bits per heavy atom. The van der Waals surface area contributed by atoms with Crippen LogP contribution in [0.4, 0.5) is 0 Å². The van der Waals surface area contributed by atoms with E-state index in [-0.39, 0.29) is 0 Å². The van der Waals surface area contributed by atoms with Gasteiger partial charge < -0.3 is 14.8 Å². The Morgan fingerprint density at radius 1 is 1.11 bits per heavy atom. The summed E-state index contributed by atoms with van der Waals surface area (Å²) >= 11 is 0. The second-order valence-electron chi connectivity index (χ2n) is 4.75. The number of ether oxygens (including phenoxy) is 2. The van der Waals surface area contributed by atoms with Crippen molar-refractivity contribution in [1.29, 1.82) is 0 Å². The van der Waals surface area contributed by atoms with Gasteiger partial charge in [0.05, 0.1) is 6.61 Å². The van der Waals surface area contributed by atoms with Crippen molar-refractivity contribution in [2.75, 3.05) is 20.3 Å². The second kappa shape index (κ2) is 7.98. The van der Waals surface area contributed by atoms with E-state index in [9.17, 15) is 0 Å². The van der Waals surface area contributed by atoms with E-state index in [1.165, 1.54) is 0 Å². The zero-order valence-electron chi connectivity index (χ0n) is 11.9. The predicted octanol–water partition coefficient (Wildman–Crippen LogP) is 3.10. The van der Waals surface area contributed by atoms with Crippen LogP contribution in [0.1, 0.15) is 27.2 Å². The Hall–Kier alpha value is -1.22. The fraction of sp³-hybridized carbons (Fsp3) is 0.600. The topological polar surface area (TPSA) is 30.5 Å². The normalized spacial score (nSPS) is 12.5. The molecule has 0 saturated heterocycles. The van der Waals surface area contributed by atoms with Crippen LogP contribution in [0.25, 0.3) is 0 Å². The highest BCUT2D eigenvalue weighted by molar-refractivity contribution is 5.39.